The quantitative estimate of drug-likeness (QED) is 0.160. The number of amides is 1. The molecule has 10 heteroatoms. The van der Waals surface area contributed by atoms with Gasteiger partial charge in [-0.2, -0.15) is 18.3 Å². The average Bonchev–Trinajstić information content (AvgIpc) is 3.21. The molecule has 0 spiro atoms. The highest BCUT2D eigenvalue weighted by Gasteiger charge is 2.39. The third-order valence-corrected chi connectivity index (χ3v) is 7.45. The number of carboxylic acids is 1. The zero-order valence-electron chi connectivity index (χ0n) is 23.7. The first-order valence-electron chi connectivity index (χ1n) is 13.3. The Balaban J connectivity index is 1.55. The minimum atomic E-state index is -4.62. The predicted octanol–water partition coefficient (Wildman–Crippen LogP) is 7.55. The normalized spacial score (nSPS) is 14.3. The molecule has 0 unspecified atom stereocenters. The van der Waals surface area contributed by atoms with Crippen LogP contribution in [0.1, 0.15) is 41.7 Å². The molecule has 1 aliphatic heterocycles. The van der Waals surface area contributed by atoms with E-state index >= 15 is 0 Å². The molecule has 5 rings (SSSR count). The maximum atomic E-state index is 13.7. The van der Waals surface area contributed by atoms with Crippen LogP contribution in [0.3, 0.4) is 0 Å². The number of phenols is 1. The lowest BCUT2D eigenvalue weighted by Crippen LogP contribution is -2.28. The van der Waals surface area contributed by atoms with Gasteiger partial charge in [-0.1, -0.05) is 36.4 Å². The minimum absolute atomic E-state index is 0.0428. The van der Waals surface area contributed by atoms with E-state index in [1.54, 1.807) is 62.4 Å². The van der Waals surface area contributed by atoms with Crippen LogP contribution in [0.4, 0.5) is 30.2 Å². The number of carboxylic acid groups (broad SMARTS) is 1. The maximum absolute atomic E-state index is 13.7. The zero-order chi connectivity index (χ0) is 31.3. The summed E-state index contributed by atoms with van der Waals surface area (Å²) in [6, 6.07) is 20.0. The van der Waals surface area contributed by atoms with Gasteiger partial charge in [0.05, 0.1) is 22.4 Å². The van der Waals surface area contributed by atoms with Crippen molar-refractivity contribution in [3.05, 3.63) is 107 Å². The summed E-state index contributed by atoms with van der Waals surface area (Å²) in [5.41, 5.74) is 4.44. The molecule has 0 saturated carbocycles. The molecule has 0 atom stereocenters. The third kappa shape index (κ3) is 5.43. The molecule has 0 bridgehead atoms. The van der Waals surface area contributed by atoms with Crippen molar-refractivity contribution in [2.24, 2.45) is 5.10 Å². The Morgan fingerprint density at radius 3 is 2.19 bits per heavy atom. The van der Waals surface area contributed by atoms with E-state index in [0.29, 0.717) is 22.4 Å². The van der Waals surface area contributed by atoms with Crippen molar-refractivity contribution in [3.63, 3.8) is 0 Å². The lowest BCUT2D eigenvalue weighted by Gasteiger charge is -2.20. The highest BCUT2D eigenvalue weighted by molar-refractivity contribution is 6.55. The predicted molar refractivity (Wildman–Crippen MR) is 159 cm³/mol. The van der Waals surface area contributed by atoms with Gasteiger partial charge in [0.1, 0.15) is 5.75 Å². The summed E-state index contributed by atoms with van der Waals surface area (Å²) in [4.78, 5) is 26.7. The second kappa shape index (κ2) is 10.6. The molecule has 0 radical (unpaired) electrons. The fraction of sp³-hybridized carbons (Fsp3) is 0.182. The van der Waals surface area contributed by atoms with Gasteiger partial charge >= 0.3 is 12.1 Å². The maximum Gasteiger partial charge on any atom is 0.416 e. The van der Waals surface area contributed by atoms with Gasteiger partial charge < -0.3 is 10.2 Å². The van der Waals surface area contributed by atoms with Crippen molar-refractivity contribution in [2.45, 2.75) is 39.3 Å². The minimum Gasteiger partial charge on any atom is -0.505 e. The number of hydrogen-bond donors (Lipinski definition) is 3. The lowest BCUT2D eigenvalue weighted by molar-refractivity contribution is -0.142. The fourth-order valence-electron chi connectivity index (χ4n) is 5.05. The molecule has 0 aliphatic carbocycles. The summed E-state index contributed by atoms with van der Waals surface area (Å²) in [5.74, 6) is -1.84. The number of carbonyl (C=O) groups excluding carboxylic acids is 1. The number of anilines is 3. The van der Waals surface area contributed by atoms with Crippen molar-refractivity contribution < 1.29 is 33.0 Å². The Morgan fingerprint density at radius 1 is 0.860 bits per heavy atom. The van der Waals surface area contributed by atoms with E-state index in [0.717, 1.165) is 23.3 Å². The molecule has 3 N–H and O–H groups in total. The number of benzene rings is 4. The molecule has 4 aromatic rings. The molecule has 220 valence electrons. The van der Waals surface area contributed by atoms with E-state index in [9.17, 15) is 33.0 Å². The van der Waals surface area contributed by atoms with Crippen LogP contribution >= 0.6 is 0 Å². The van der Waals surface area contributed by atoms with Crippen molar-refractivity contribution in [1.82, 2.24) is 0 Å². The first kappa shape index (κ1) is 29.4. The Hall–Kier alpha value is -5.12. The molecular formula is C33H28F3N3O4. The van der Waals surface area contributed by atoms with Crippen LogP contribution in [-0.2, 0) is 21.2 Å². The van der Waals surface area contributed by atoms with Crippen LogP contribution in [0.25, 0.3) is 11.1 Å². The Bertz CT molecular complexity index is 1790. The average molecular weight is 588 g/mol. The van der Waals surface area contributed by atoms with E-state index in [-0.39, 0.29) is 28.4 Å². The van der Waals surface area contributed by atoms with Gasteiger partial charge in [-0.25, -0.2) is 0 Å². The van der Waals surface area contributed by atoms with E-state index in [1.807, 2.05) is 19.9 Å². The topological polar surface area (TPSA) is 102 Å². The van der Waals surface area contributed by atoms with Gasteiger partial charge in [0.15, 0.2) is 5.71 Å². The largest absolute Gasteiger partial charge is 0.505 e. The zero-order valence-corrected chi connectivity index (χ0v) is 23.7. The molecule has 1 aliphatic rings. The van der Waals surface area contributed by atoms with Gasteiger partial charge in [-0.15, -0.1) is 0 Å². The highest BCUT2D eigenvalue weighted by Crippen LogP contribution is 2.42. The van der Waals surface area contributed by atoms with Crippen LogP contribution in [0.5, 0.6) is 5.75 Å². The van der Waals surface area contributed by atoms with Gasteiger partial charge in [0.2, 0.25) is 0 Å². The van der Waals surface area contributed by atoms with E-state index in [1.165, 1.54) is 17.0 Å². The number of aryl methyl sites for hydroxylation is 2. The molecular weight excluding hydrogens is 559 g/mol. The number of nitrogens with one attached hydrogen (secondary N) is 1. The molecule has 0 saturated heterocycles. The fourth-order valence-corrected chi connectivity index (χ4v) is 5.05. The van der Waals surface area contributed by atoms with Crippen molar-refractivity contribution in [1.29, 1.82) is 0 Å². The number of fused-ring (bicyclic) bond motifs is 1. The van der Waals surface area contributed by atoms with Crippen LogP contribution in [0.15, 0.2) is 84.0 Å². The number of hydrogen-bond acceptors (Lipinski definition) is 5. The number of phenolic OH excluding ortho intramolecular Hbond substituents is 1. The summed E-state index contributed by atoms with van der Waals surface area (Å²) in [6.07, 6.45) is -4.62. The standard InChI is InChI=1S/C33H28F3N3O4/c1-18-13-19(2)15-23(14-18)39-27-17-22(33(34,35)36)11-12-25(27)28(30(39)41)38-37-26-10-6-9-24(29(26)40)20-7-5-8-21(16-20)32(3,4)31(42)43/h5-17,37,40H,1-4H3,(H,42,43)/b38-28-. The Labute approximate surface area is 245 Å². The number of para-hydroxylation sites is 1. The van der Waals surface area contributed by atoms with Gasteiger partial charge in [-0.05, 0) is 92.4 Å². The van der Waals surface area contributed by atoms with E-state index in [4.69, 9.17) is 0 Å². The third-order valence-electron chi connectivity index (χ3n) is 7.45. The number of aromatic hydroxyl groups is 1. The number of aliphatic carboxylic acids is 1. The molecule has 0 fully saturated rings. The van der Waals surface area contributed by atoms with E-state index < -0.39 is 29.0 Å². The van der Waals surface area contributed by atoms with Crippen LogP contribution in [0.2, 0.25) is 0 Å². The van der Waals surface area contributed by atoms with Crippen molar-refractivity contribution in [2.75, 3.05) is 10.3 Å². The summed E-state index contributed by atoms with van der Waals surface area (Å²) >= 11 is 0. The van der Waals surface area contributed by atoms with Crippen molar-refractivity contribution >= 4 is 34.7 Å². The first-order chi connectivity index (χ1) is 20.2. The molecule has 7 nitrogen and oxygen atoms in total. The second-order valence-corrected chi connectivity index (χ2v) is 11.0. The SMILES string of the molecule is Cc1cc(C)cc(N2C(=O)/C(=N\Nc3cccc(-c4cccc(C(C)(C)C(=O)O)c4)c3O)c3ccc(C(F)(F)F)cc32)c1. The summed E-state index contributed by atoms with van der Waals surface area (Å²) < 4.78 is 40.9. The molecule has 0 aromatic heterocycles. The summed E-state index contributed by atoms with van der Waals surface area (Å²) in [7, 11) is 0. The van der Waals surface area contributed by atoms with E-state index in [2.05, 4.69) is 10.5 Å². The smallest absolute Gasteiger partial charge is 0.416 e. The number of halogens is 3. The molecule has 43 heavy (non-hydrogen) atoms. The summed E-state index contributed by atoms with van der Waals surface area (Å²) in [6.45, 7) is 6.82. The number of carbonyl (C=O) groups is 2. The monoisotopic (exact) mass is 587 g/mol. The highest BCUT2D eigenvalue weighted by atomic mass is 19.4. The number of alkyl halides is 3. The van der Waals surface area contributed by atoms with Crippen molar-refractivity contribution in [3.8, 4) is 16.9 Å². The molecule has 4 aromatic carbocycles. The van der Waals surface area contributed by atoms with Gasteiger partial charge in [0.25, 0.3) is 5.91 Å². The van der Waals surface area contributed by atoms with Gasteiger partial charge in [0, 0.05) is 16.8 Å². The van der Waals surface area contributed by atoms with Crippen LogP contribution in [-0.4, -0.2) is 27.8 Å². The Kier molecular flexibility index (Phi) is 7.25. The summed E-state index contributed by atoms with van der Waals surface area (Å²) in [5, 5.41) is 25.0. The lowest BCUT2D eigenvalue weighted by atomic mass is 9.83. The molecule has 1 heterocycles. The van der Waals surface area contributed by atoms with Crippen LogP contribution < -0.4 is 10.3 Å². The first-order valence-corrected chi connectivity index (χ1v) is 13.3. The van der Waals surface area contributed by atoms with Gasteiger partial charge in [-0.3, -0.25) is 19.9 Å². The second-order valence-electron chi connectivity index (χ2n) is 11.0. The number of rotatable bonds is 6. The number of hydrazone groups is 1. The molecule has 1 amide bonds. The Morgan fingerprint density at radius 2 is 1.53 bits per heavy atom. The number of nitrogens with zero attached hydrogens (tertiary/aromatic N) is 2. The van der Waals surface area contributed by atoms with Crippen LogP contribution in [0, 0.1) is 13.8 Å².